The summed E-state index contributed by atoms with van der Waals surface area (Å²) in [4.78, 5) is 24.6. The lowest BCUT2D eigenvalue weighted by Gasteiger charge is -2.20. The molecule has 0 atom stereocenters. The fourth-order valence-electron chi connectivity index (χ4n) is 1.63. The molecule has 0 aliphatic carbocycles. The number of carbonyl (C=O) groups is 2. The molecular formula is C13H17NO5. The van der Waals surface area contributed by atoms with Gasteiger partial charge < -0.3 is 19.8 Å². The van der Waals surface area contributed by atoms with E-state index in [1.807, 2.05) is 0 Å². The molecule has 2 N–H and O–H groups in total. The van der Waals surface area contributed by atoms with Crippen LogP contribution in [0, 0.1) is 0 Å². The van der Waals surface area contributed by atoms with Crippen molar-refractivity contribution in [2.24, 2.45) is 0 Å². The average Bonchev–Trinajstić information content (AvgIpc) is 2.37. The van der Waals surface area contributed by atoms with Gasteiger partial charge in [0.15, 0.2) is 0 Å². The summed E-state index contributed by atoms with van der Waals surface area (Å²) in [5.74, 6) is -1.14. The molecule has 6 heteroatoms. The standard InChI is InChI=1S/C13H17NO5/c1-3-14(5-4-12(17)19-2)13(18)9-6-10(15)8-11(16)7-9/h6-8,15-16H,3-5H2,1-2H3. The molecule has 0 radical (unpaired) electrons. The Morgan fingerprint density at radius 2 is 1.79 bits per heavy atom. The van der Waals surface area contributed by atoms with Gasteiger partial charge in [-0.2, -0.15) is 0 Å². The molecule has 0 saturated carbocycles. The molecule has 104 valence electrons. The maximum Gasteiger partial charge on any atom is 0.307 e. The predicted molar refractivity (Wildman–Crippen MR) is 68.0 cm³/mol. The van der Waals surface area contributed by atoms with Crippen LogP contribution in [0.15, 0.2) is 18.2 Å². The topological polar surface area (TPSA) is 87.1 Å². The number of ether oxygens (including phenoxy) is 1. The van der Waals surface area contributed by atoms with Crippen LogP contribution in [0.5, 0.6) is 11.5 Å². The number of phenols is 2. The van der Waals surface area contributed by atoms with Crippen molar-refractivity contribution in [2.75, 3.05) is 20.2 Å². The number of phenolic OH excluding ortho intramolecular Hbond substituents is 2. The van der Waals surface area contributed by atoms with Crippen molar-refractivity contribution in [2.45, 2.75) is 13.3 Å². The van der Waals surface area contributed by atoms with Crippen LogP contribution in [0.25, 0.3) is 0 Å². The molecule has 0 aromatic heterocycles. The molecular weight excluding hydrogens is 250 g/mol. The van der Waals surface area contributed by atoms with E-state index in [2.05, 4.69) is 4.74 Å². The molecule has 1 aromatic carbocycles. The van der Waals surface area contributed by atoms with Gasteiger partial charge in [-0.25, -0.2) is 0 Å². The summed E-state index contributed by atoms with van der Waals surface area (Å²) in [6.07, 6.45) is 0.0981. The van der Waals surface area contributed by atoms with E-state index in [1.54, 1.807) is 6.92 Å². The highest BCUT2D eigenvalue weighted by atomic mass is 16.5. The third-order valence-electron chi connectivity index (χ3n) is 2.63. The van der Waals surface area contributed by atoms with E-state index in [0.717, 1.165) is 6.07 Å². The molecule has 1 rings (SSSR count). The lowest BCUT2D eigenvalue weighted by Crippen LogP contribution is -2.33. The van der Waals surface area contributed by atoms with Crippen LogP contribution in [0.3, 0.4) is 0 Å². The van der Waals surface area contributed by atoms with Gasteiger partial charge in [-0.15, -0.1) is 0 Å². The first-order valence-electron chi connectivity index (χ1n) is 5.87. The number of hydrogen-bond acceptors (Lipinski definition) is 5. The van der Waals surface area contributed by atoms with E-state index in [4.69, 9.17) is 0 Å². The molecule has 0 heterocycles. The summed E-state index contributed by atoms with van der Waals surface area (Å²) in [7, 11) is 1.29. The number of aromatic hydroxyl groups is 2. The van der Waals surface area contributed by atoms with Gasteiger partial charge in [-0.1, -0.05) is 0 Å². The number of carbonyl (C=O) groups excluding carboxylic acids is 2. The van der Waals surface area contributed by atoms with Gasteiger partial charge in [-0.05, 0) is 19.1 Å². The third kappa shape index (κ3) is 4.17. The van der Waals surface area contributed by atoms with Gasteiger partial charge in [0.05, 0.1) is 13.5 Å². The Balaban J connectivity index is 2.80. The second-order valence-corrected chi connectivity index (χ2v) is 3.95. The number of rotatable bonds is 5. The van der Waals surface area contributed by atoms with Crippen molar-refractivity contribution < 1.29 is 24.5 Å². The number of amides is 1. The quantitative estimate of drug-likeness (QED) is 0.781. The molecule has 0 spiro atoms. The predicted octanol–water partition coefficient (Wildman–Crippen LogP) is 1.12. The Labute approximate surface area is 111 Å². The molecule has 0 aliphatic heterocycles. The maximum atomic E-state index is 12.1. The molecule has 1 aromatic rings. The van der Waals surface area contributed by atoms with Gasteiger partial charge in [0, 0.05) is 24.7 Å². The Kier molecular flexibility index (Phi) is 5.17. The molecule has 1 amide bonds. The first-order valence-corrected chi connectivity index (χ1v) is 5.87. The van der Waals surface area contributed by atoms with Crippen molar-refractivity contribution in [1.82, 2.24) is 4.90 Å². The molecule has 0 saturated heterocycles. The fourth-order valence-corrected chi connectivity index (χ4v) is 1.63. The Morgan fingerprint density at radius 1 is 1.21 bits per heavy atom. The lowest BCUT2D eigenvalue weighted by molar-refractivity contribution is -0.140. The van der Waals surface area contributed by atoms with E-state index in [0.29, 0.717) is 6.54 Å². The van der Waals surface area contributed by atoms with E-state index in [1.165, 1.54) is 24.1 Å². The molecule has 0 unspecified atom stereocenters. The second-order valence-electron chi connectivity index (χ2n) is 3.95. The largest absolute Gasteiger partial charge is 0.508 e. The van der Waals surface area contributed by atoms with Crippen LogP contribution in [0.2, 0.25) is 0 Å². The highest BCUT2D eigenvalue weighted by molar-refractivity contribution is 5.95. The summed E-state index contributed by atoms with van der Waals surface area (Å²) in [6, 6.07) is 3.67. The number of methoxy groups -OCH3 is 1. The summed E-state index contributed by atoms with van der Waals surface area (Å²) in [5.41, 5.74) is 0.171. The Hall–Kier alpha value is -2.24. The van der Waals surface area contributed by atoms with E-state index in [9.17, 15) is 19.8 Å². The summed E-state index contributed by atoms with van der Waals surface area (Å²) in [5, 5.41) is 18.7. The fraction of sp³-hybridized carbons (Fsp3) is 0.385. The van der Waals surface area contributed by atoms with Gasteiger partial charge >= 0.3 is 5.97 Å². The number of esters is 1. The SMILES string of the molecule is CCN(CCC(=O)OC)C(=O)c1cc(O)cc(O)c1. The van der Waals surface area contributed by atoms with E-state index in [-0.39, 0.29) is 35.9 Å². The maximum absolute atomic E-state index is 12.1. The smallest absolute Gasteiger partial charge is 0.307 e. The first-order chi connectivity index (χ1) is 8.97. The lowest BCUT2D eigenvalue weighted by atomic mass is 10.1. The van der Waals surface area contributed by atoms with Crippen LogP contribution in [0.1, 0.15) is 23.7 Å². The zero-order chi connectivity index (χ0) is 14.4. The highest BCUT2D eigenvalue weighted by Crippen LogP contribution is 2.21. The summed E-state index contributed by atoms with van der Waals surface area (Å²) in [6.45, 7) is 2.41. The normalized spacial score (nSPS) is 10.0. The minimum atomic E-state index is -0.398. The van der Waals surface area contributed by atoms with E-state index >= 15 is 0 Å². The molecule has 6 nitrogen and oxygen atoms in total. The number of benzene rings is 1. The number of hydrogen-bond donors (Lipinski definition) is 2. The average molecular weight is 267 g/mol. The highest BCUT2D eigenvalue weighted by Gasteiger charge is 2.16. The monoisotopic (exact) mass is 267 g/mol. The Bertz CT molecular complexity index is 452. The van der Waals surface area contributed by atoms with Gasteiger partial charge in [0.1, 0.15) is 11.5 Å². The first kappa shape index (κ1) is 14.8. The minimum Gasteiger partial charge on any atom is -0.508 e. The molecule has 0 fully saturated rings. The zero-order valence-corrected chi connectivity index (χ0v) is 10.9. The number of nitrogens with zero attached hydrogens (tertiary/aromatic N) is 1. The van der Waals surface area contributed by atoms with Gasteiger partial charge in [-0.3, -0.25) is 9.59 Å². The van der Waals surface area contributed by atoms with Crippen LogP contribution in [-0.2, 0) is 9.53 Å². The molecule has 19 heavy (non-hydrogen) atoms. The van der Waals surface area contributed by atoms with E-state index < -0.39 is 5.97 Å². The van der Waals surface area contributed by atoms with Crippen LogP contribution >= 0.6 is 0 Å². The zero-order valence-electron chi connectivity index (χ0n) is 10.9. The van der Waals surface area contributed by atoms with Gasteiger partial charge in [0.2, 0.25) is 0 Å². The van der Waals surface area contributed by atoms with Crippen molar-refractivity contribution >= 4 is 11.9 Å². The minimum absolute atomic E-state index is 0.0981. The van der Waals surface area contributed by atoms with Crippen LogP contribution in [-0.4, -0.2) is 47.2 Å². The van der Waals surface area contributed by atoms with Crippen molar-refractivity contribution in [3.05, 3.63) is 23.8 Å². The van der Waals surface area contributed by atoms with Gasteiger partial charge in [0.25, 0.3) is 5.91 Å². The summed E-state index contributed by atoms with van der Waals surface area (Å²) >= 11 is 0. The second kappa shape index (κ2) is 6.63. The molecule has 0 aliphatic rings. The summed E-state index contributed by atoms with van der Waals surface area (Å²) < 4.78 is 4.51. The van der Waals surface area contributed by atoms with Crippen LogP contribution < -0.4 is 0 Å². The van der Waals surface area contributed by atoms with Crippen molar-refractivity contribution in [3.8, 4) is 11.5 Å². The van der Waals surface area contributed by atoms with Crippen molar-refractivity contribution in [3.63, 3.8) is 0 Å². The third-order valence-corrected chi connectivity index (χ3v) is 2.63. The Morgan fingerprint density at radius 3 is 2.26 bits per heavy atom. The van der Waals surface area contributed by atoms with Crippen LogP contribution in [0.4, 0.5) is 0 Å². The molecule has 0 bridgehead atoms. The van der Waals surface area contributed by atoms with Crippen molar-refractivity contribution in [1.29, 1.82) is 0 Å².